The van der Waals surface area contributed by atoms with Crippen molar-refractivity contribution < 1.29 is 10.0 Å². The lowest BCUT2D eigenvalue weighted by molar-refractivity contribution is 0.423. The molecule has 0 aromatic carbocycles. The third kappa shape index (κ3) is 2.55. The maximum Gasteiger partial charge on any atom is 0.509 e. The Kier molecular flexibility index (Phi) is 3.40. The SMILES string of the molecule is Cn1cc(B(O)O)nc(Nc2cccnc2)c1=O. The molecule has 0 atom stereocenters. The van der Waals surface area contributed by atoms with Crippen LogP contribution in [0.25, 0.3) is 0 Å². The Balaban J connectivity index is 2.41. The molecule has 0 spiro atoms. The van der Waals surface area contributed by atoms with E-state index in [1.165, 1.54) is 24.0 Å². The maximum absolute atomic E-state index is 11.8. The summed E-state index contributed by atoms with van der Waals surface area (Å²) in [6.07, 6.45) is 4.40. The second kappa shape index (κ2) is 4.99. The lowest BCUT2D eigenvalue weighted by Crippen LogP contribution is -2.38. The molecule has 0 unspecified atom stereocenters. The van der Waals surface area contributed by atoms with Gasteiger partial charge in [-0.15, -0.1) is 0 Å². The minimum Gasteiger partial charge on any atom is -0.422 e. The van der Waals surface area contributed by atoms with Gasteiger partial charge in [0, 0.05) is 19.4 Å². The molecule has 2 aromatic heterocycles. The molecule has 0 amide bonds. The summed E-state index contributed by atoms with van der Waals surface area (Å²) in [4.78, 5) is 19.6. The van der Waals surface area contributed by atoms with E-state index in [0.717, 1.165) is 0 Å². The van der Waals surface area contributed by atoms with Crippen molar-refractivity contribution in [1.29, 1.82) is 0 Å². The number of nitrogens with one attached hydrogen (secondary N) is 1. The van der Waals surface area contributed by atoms with Crippen molar-refractivity contribution >= 4 is 24.2 Å². The van der Waals surface area contributed by atoms with Crippen LogP contribution in [0.15, 0.2) is 35.5 Å². The number of hydrogen-bond acceptors (Lipinski definition) is 6. The minimum atomic E-state index is -1.73. The molecule has 0 saturated heterocycles. The molecule has 0 fully saturated rings. The fourth-order valence-corrected chi connectivity index (χ4v) is 1.41. The zero-order valence-corrected chi connectivity index (χ0v) is 9.61. The van der Waals surface area contributed by atoms with Gasteiger partial charge in [-0.05, 0) is 12.1 Å². The van der Waals surface area contributed by atoms with E-state index in [0.29, 0.717) is 5.69 Å². The van der Waals surface area contributed by atoms with Crippen molar-refractivity contribution in [1.82, 2.24) is 14.5 Å². The topological polar surface area (TPSA) is 100 Å². The summed E-state index contributed by atoms with van der Waals surface area (Å²) in [6.45, 7) is 0. The molecule has 3 N–H and O–H groups in total. The summed E-state index contributed by atoms with van der Waals surface area (Å²) in [6, 6.07) is 3.42. The average molecular weight is 246 g/mol. The lowest BCUT2D eigenvalue weighted by atomic mass is 9.87. The van der Waals surface area contributed by atoms with Gasteiger partial charge in [0.1, 0.15) is 0 Å². The van der Waals surface area contributed by atoms with E-state index in [1.54, 1.807) is 18.3 Å². The fraction of sp³-hybridized carbons (Fsp3) is 0.100. The summed E-state index contributed by atoms with van der Waals surface area (Å²) >= 11 is 0. The highest BCUT2D eigenvalue weighted by Crippen LogP contribution is 2.07. The number of aryl methyl sites for hydroxylation is 1. The molecule has 92 valence electrons. The molecule has 18 heavy (non-hydrogen) atoms. The van der Waals surface area contributed by atoms with Crippen LogP contribution in [0.4, 0.5) is 11.5 Å². The predicted octanol–water partition coefficient (Wildman–Crippen LogP) is -1.40. The Morgan fingerprint density at radius 2 is 2.22 bits per heavy atom. The van der Waals surface area contributed by atoms with Gasteiger partial charge in [-0.2, -0.15) is 0 Å². The molecular weight excluding hydrogens is 235 g/mol. The van der Waals surface area contributed by atoms with Gasteiger partial charge in [-0.1, -0.05) is 0 Å². The van der Waals surface area contributed by atoms with Crippen molar-refractivity contribution in [2.24, 2.45) is 7.05 Å². The first kappa shape index (κ1) is 12.3. The van der Waals surface area contributed by atoms with Crippen molar-refractivity contribution in [2.45, 2.75) is 0 Å². The van der Waals surface area contributed by atoms with E-state index < -0.39 is 7.12 Å². The summed E-state index contributed by atoms with van der Waals surface area (Å²) in [7, 11) is -0.226. The Labute approximate surface area is 103 Å². The highest BCUT2D eigenvalue weighted by Gasteiger charge is 2.16. The second-order valence-electron chi connectivity index (χ2n) is 3.67. The van der Waals surface area contributed by atoms with Crippen LogP contribution >= 0.6 is 0 Å². The van der Waals surface area contributed by atoms with Crippen molar-refractivity contribution in [3.05, 3.63) is 41.1 Å². The standard InChI is InChI=1S/C10H11BN4O3/c1-15-6-8(11(17)18)14-9(10(15)16)13-7-3-2-4-12-5-7/h2-6,17-18H,1H3,(H,13,14). The second-order valence-corrected chi connectivity index (χ2v) is 3.67. The minimum absolute atomic E-state index is 0.0103. The van der Waals surface area contributed by atoms with Crippen LogP contribution in [0.3, 0.4) is 0 Å². The van der Waals surface area contributed by atoms with Crippen molar-refractivity contribution in [3.8, 4) is 0 Å². The third-order valence-electron chi connectivity index (χ3n) is 2.28. The van der Waals surface area contributed by atoms with E-state index >= 15 is 0 Å². The predicted molar refractivity (Wildman–Crippen MR) is 66.8 cm³/mol. The van der Waals surface area contributed by atoms with E-state index in [9.17, 15) is 4.79 Å². The zero-order valence-electron chi connectivity index (χ0n) is 9.61. The molecule has 0 bridgehead atoms. The summed E-state index contributed by atoms with van der Waals surface area (Å²) < 4.78 is 1.22. The maximum atomic E-state index is 11.8. The Morgan fingerprint density at radius 1 is 1.44 bits per heavy atom. The molecule has 0 radical (unpaired) electrons. The van der Waals surface area contributed by atoms with Crippen LogP contribution in [0.2, 0.25) is 0 Å². The smallest absolute Gasteiger partial charge is 0.422 e. The molecule has 7 nitrogen and oxygen atoms in total. The Morgan fingerprint density at radius 3 is 2.83 bits per heavy atom. The lowest BCUT2D eigenvalue weighted by Gasteiger charge is -2.08. The largest absolute Gasteiger partial charge is 0.509 e. The van der Waals surface area contributed by atoms with Crippen LogP contribution in [-0.2, 0) is 7.05 Å². The van der Waals surface area contributed by atoms with E-state index in [1.807, 2.05) is 0 Å². The van der Waals surface area contributed by atoms with Crippen LogP contribution in [0, 0.1) is 0 Å². The monoisotopic (exact) mass is 246 g/mol. The van der Waals surface area contributed by atoms with Gasteiger partial charge in [0.15, 0.2) is 5.82 Å². The highest BCUT2D eigenvalue weighted by molar-refractivity contribution is 6.57. The first-order valence-electron chi connectivity index (χ1n) is 5.18. The summed E-state index contributed by atoms with van der Waals surface area (Å²) in [5.74, 6) is 0.0103. The van der Waals surface area contributed by atoms with E-state index in [2.05, 4.69) is 15.3 Å². The first-order valence-corrected chi connectivity index (χ1v) is 5.18. The quantitative estimate of drug-likeness (QED) is 0.576. The summed E-state index contributed by atoms with van der Waals surface area (Å²) in [5, 5.41) is 20.9. The molecule has 0 aliphatic rings. The molecule has 0 aliphatic carbocycles. The van der Waals surface area contributed by atoms with Gasteiger partial charge in [0.25, 0.3) is 5.56 Å². The molecule has 2 rings (SSSR count). The number of rotatable bonds is 3. The molecular formula is C10H11BN4O3. The number of anilines is 2. The normalized spacial score (nSPS) is 10.2. The zero-order chi connectivity index (χ0) is 13.1. The number of aromatic nitrogens is 3. The van der Waals surface area contributed by atoms with Gasteiger partial charge < -0.3 is 19.9 Å². The average Bonchev–Trinajstić information content (AvgIpc) is 2.35. The first-order chi connectivity index (χ1) is 8.58. The van der Waals surface area contributed by atoms with Gasteiger partial charge in [-0.3, -0.25) is 9.78 Å². The Hall–Kier alpha value is -2.19. The fourth-order valence-electron chi connectivity index (χ4n) is 1.41. The van der Waals surface area contributed by atoms with Gasteiger partial charge in [-0.25, -0.2) is 4.98 Å². The summed E-state index contributed by atoms with van der Waals surface area (Å²) in [5.41, 5.74) is 0.207. The third-order valence-corrected chi connectivity index (χ3v) is 2.28. The number of hydrogen-bond donors (Lipinski definition) is 3. The number of pyridine rings is 1. The molecule has 2 heterocycles. The van der Waals surface area contributed by atoms with E-state index in [-0.39, 0.29) is 17.0 Å². The number of nitrogens with zero attached hydrogens (tertiary/aromatic N) is 3. The molecule has 0 aliphatic heterocycles. The van der Waals surface area contributed by atoms with Gasteiger partial charge in [0.05, 0.1) is 17.5 Å². The van der Waals surface area contributed by atoms with Crippen LogP contribution in [0.1, 0.15) is 0 Å². The van der Waals surface area contributed by atoms with Crippen molar-refractivity contribution in [2.75, 3.05) is 5.32 Å². The molecule has 2 aromatic rings. The van der Waals surface area contributed by atoms with Crippen molar-refractivity contribution in [3.63, 3.8) is 0 Å². The van der Waals surface area contributed by atoms with Crippen LogP contribution in [0.5, 0.6) is 0 Å². The van der Waals surface area contributed by atoms with Crippen LogP contribution in [-0.4, -0.2) is 31.7 Å². The highest BCUT2D eigenvalue weighted by atomic mass is 16.4. The van der Waals surface area contributed by atoms with E-state index in [4.69, 9.17) is 10.0 Å². The Bertz CT molecular complexity index is 600. The van der Waals surface area contributed by atoms with Gasteiger partial charge in [0.2, 0.25) is 0 Å². The van der Waals surface area contributed by atoms with Gasteiger partial charge >= 0.3 is 7.12 Å². The van der Waals surface area contributed by atoms with Crippen LogP contribution < -0.4 is 16.5 Å². The molecule has 0 saturated carbocycles. The molecule has 8 heteroatoms.